The Labute approximate surface area is 95.3 Å². The normalized spacial score (nSPS) is 8.62. The fourth-order valence-electron chi connectivity index (χ4n) is 1.39. The Kier molecular flexibility index (Phi) is 5.81. The summed E-state index contributed by atoms with van der Waals surface area (Å²) in [5.74, 6) is -0.833. The maximum Gasteiger partial charge on any atom is 0.300 e. The highest BCUT2D eigenvalue weighted by atomic mass is 16.4. The molecule has 3 nitrogen and oxygen atoms in total. The molecular formula is C13H17NO2. The minimum Gasteiger partial charge on any atom is -0.481 e. The number of carbonyl (C=O) groups is 1. The van der Waals surface area contributed by atoms with E-state index in [2.05, 4.69) is 49.4 Å². The molecule has 0 aromatic heterocycles. The lowest BCUT2D eigenvalue weighted by molar-refractivity contribution is -0.134. The van der Waals surface area contributed by atoms with E-state index in [1.54, 1.807) is 0 Å². The average molecular weight is 219 g/mol. The highest BCUT2D eigenvalue weighted by Gasteiger charge is 1.92. The van der Waals surface area contributed by atoms with E-state index in [4.69, 9.17) is 9.90 Å². The van der Waals surface area contributed by atoms with Gasteiger partial charge in [-0.25, -0.2) is 0 Å². The topological polar surface area (TPSA) is 72.3 Å². The van der Waals surface area contributed by atoms with Crippen molar-refractivity contribution in [1.29, 1.82) is 0 Å². The fourth-order valence-corrected chi connectivity index (χ4v) is 1.39. The minimum atomic E-state index is -0.833. The van der Waals surface area contributed by atoms with Crippen LogP contribution < -0.4 is 6.15 Å². The van der Waals surface area contributed by atoms with E-state index in [9.17, 15) is 0 Å². The number of hydrogen-bond donors (Lipinski definition) is 2. The quantitative estimate of drug-likeness (QED) is 0.713. The molecule has 0 bridgehead atoms. The minimum absolute atomic E-state index is 0. The Morgan fingerprint density at radius 1 is 1.06 bits per heavy atom. The SMILES string of the molecule is CC(=O)O.Cc1cccc2ccccc12.N. The Bertz CT molecular complexity index is 457. The van der Waals surface area contributed by atoms with Crippen molar-refractivity contribution in [3.63, 3.8) is 0 Å². The van der Waals surface area contributed by atoms with E-state index in [1.165, 1.54) is 16.3 Å². The van der Waals surface area contributed by atoms with Gasteiger partial charge in [-0.05, 0) is 23.3 Å². The van der Waals surface area contributed by atoms with E-state index in [1.807, 2.05) is 0 Å². The van der Waals surface area contributed by atoms with E-state index in [0.29, 0.717) is 0 Å². The number of rotatable bonds is 0. The van der Waals surface area contributed by atoms with Gasteiger partial charge >= 0.3 is 0 Å². The molecule has 0 heterocycles. The van der Waals surface area contributed by atoms with Crippen LogP contribution in [0.4, 0.5) is 0 Å². The largest absolute Gasteiger partial charge is 0.481 e. The molecular weight excluding hydrogens is 202 g/mol. The van der Waals surface area contributed by atoms with Crippen LogP contribution in [0.5, 0.6) is 0 Å². The fraction of sp³-hybridized carbons (Fsp3) is 0.154. The summed E-state index contributed by atoms with van der Waals surface area (Å²) in [5, 5.41) is 10.1. The lowest BCUT2D eigenvalue weighted by Gasteiger charge is -1.98. The maximum atomic E-state index is 9.00. The average Bonchev–Trinajstić information content (AvgIpc) is 2.18. The van der Waals surface area contributed by atoms with Gasteiger partial charge in [0.2, 0.25) is 0 Å². The van der Waals surface area contributed by atoms with Gasteiger partial charge in [0.25, 0.3) is 5.97 Å². The van der Waals surface area contributed by atoms with Crippen molar-refractivity contribution in [3.8, 4) is 0 Å². The van der Waals surface area contributed by atoms with Crippen molar-refractivity contribution in [2.45, 2.75) is 13.8 Å². The van der Waals surface area contributed by atoms with Gasteiger partial charge in [0, 0.05) is 6.92 Å². The molecule has 4 N–H and O–H groups in total. The first kappa shape index (κ1) is 14.1. The number of aryl methyl sites for hydroxylation is 1. The zero-order chi connectivity index (χ0) is 11.3. The molecule has 0 saturated carbocycles. The van der Waals surface area contributed by atoms with Crippen LogP contribution in [-0.2, 0) is 4.79 Å². The summed E-state index contributed by atoms with van der Waals surface area (Å²) in [7, 11) is 0. The van der Waals surface area contributed by atoms with E-state index in [0.717, 1.165) is 6.92 Å². The van der Waals surface area contributed by atoms with E-state index >= 15 is 0 Å². The molecule has 0 atom stereocenters. The summed E-state index contributed by atoms with van der Waals surface area (Å²) < 4.78 is 0. The molecule has 3 heteroatoms. The van der Waals surface area contributed by atoms with E-state index in [-0.39, 0.29) is 6.15 Å². The van der Waals surface area contributed by atoms with Crippen molar-refractivity contribution in [3.05, 3.63) is 48.0 Å². The molecule has 16 heavy (non-hydrogen) atoms. The zero-order valence-electron chi connectivity index (χ0n) is 9.60. The van der Waals surface area contributed by atoms with Gasteiger partial charge in [0.1, 0.15) is 0 Å². The molecule has 2 aromatic carbocycles. The van der Waals surface area contributed by atoms with Crippen LogP contribution in [0.2, 0.25) is 0 Å². The number of aliphatic carboxylic acids is 1. The first-order valence-corrected chi connectivity index (χ1v) is 4.75. The smallest absolute Gasteiger partial charge is 0.300 e. The number of benzene rings is 2. The van der Waals surface area contributed by atoms with Gasteiger partial charge in [-0.2, -0.15) is 0 Å². The molecule has 0 aliphatic rings. The summed E-state index contributed by atoms with van der Waals surface area (Å²) in [6, 6.07) is 14.8. The van der Waals surface area contributed by atoms with Gasteiger partial charge in [0.05, 0.1) is 0 Å². The summed E-state index contributed by atoms with van der Waals surface area (Å²) in [5.41, 5.74) is 1.35. The van der Waals surface area contributed by atoms with Crippen LogP contribution in [0.25, 0.3) is 10.8 Å². The first-order chi connectivity index (χ1) is 7.11. The van der Waals surface area contributed by atoms with Crippen molar-refractivity contribution in [2.24, 2.45) is 0 Å². The van der Waals surface area contributed by atoms with Gasteiger partial charge in [-0.1, -0.05) is 42.5 Å². The first-order valence-electron chi connectivity index (χ1n) is 4.75. The van der Waals surface area contributed by atoms with Gasteiger partial charge in [-0.3, -0.25) is 4.79 Å². The molecule has 2 aromatic rings. The summed E-state index contributed by atoms with van der Waals surface area (Å²) in [6.07, 6.45) is 0. The Balaban J connectivity index is 0.000000397. The molecule has 2 rings (SSSR count). The Morgan fingerprint density at radius 2 is 1.56 bits per heavy atom. The lowest BCUT2D eigenvalue weighted by atomic mass is 10.1. The summed E-state index contributed by atoms with van der Waals surface area (Å²) in [4.78, 5) is 9.00. The second-order valence-corrected chi connectivity index (χ2v) is 3.32. The maximum absolute atomic E-state index is 9.00. The summed E-state index contributed by atoms with van der Waals surface area (Å²) in [6.45, 7) is 3.22. The van der Waals surface area contributed by atoms with Gasteiger partial charge < -0.3 is 11.3 Å². The highest BCUT2D eigenvalue weighted by molar-refractivity contribution is 5.85. The molecule has 0 saturated heterocycles. The zero-order valence-corrected chi connectivity index (χ0v) is 9.60. The van der Waals surface area contributed by atoms with Crippen LogP contribution in [0.3, 0.4) is 0 Å². The van der Waals surface area contributed by atoms with Crippen molar-refractivity contribution < 1.29 is 9.90 Å². The number of fused-ring (bicyclic) bond motifs is 1. The predicted octanol–water partition coefficient (Wildman–Crippen LogP) is 3.40. The second-order valence-electron chi connectivity index (χ2n) is 3.32. The molecule has 0 spiro atoms. The Morgan fingerprint density at radius 3 is 2.12 bits per heavy atom. The third-order valence-electron chi connectivity index (χ3n) is 2.01. The highest BCUT2D eigenvalue weighted by Crippen LogP contribution is 2.16. The van der Waals surface area contributed by atoms with Crippen LogP contribution >= 0.6 is 0 Å². The summed E-state index contributed by atoms with van der Waals surface area (Å²) >= 11 is 0. The van der Waals surface area contributed by atoms with Crippen molar-refractivity contribution in [2.75, 3.05) is 0 Å². The van der Waals surface area contributed by atoms with Gasteiger partial charge in [-0.15, -0.1) is 0 Å². The number of carboxylic acids is 1. The molecule has 0 fully saturated rings. The van der Waals surface area contributed by atoms with Crippen LogP contribution in [0, 0.1) is 6.92 Å². The number of carboxylic acid groups (broad SMARTS) is 1. The van der Waals surface area contributed by atoms with Crippen LogP contribution in [0.15, 0.2) is 42.5 Å². The monoisotopic (exact) mass is 219 g/mol. The Hall–Kier alpha value is -1.87. The molecule has 86 valence electrons. The molecule has 0 amide bonds. The number of hydrogen-bond acceptors (Lipinski definition) is 2. The third-order valence-corrected chi connectivity index (χ3v) is 2.01. The molecule has 0 unspecified atom stereocenters. The van der Waals surface area contributed by atoms with Crippen LogP contribution in [-0.4, -0.2) is 11.1 Å². The van der Waals surface area contributed by atoms with Crippen molar-refractivity contribution in [1.82, 2.24) is 6.15 Å². The van der Waals surface area contributed by atoms with Gasteiger partial charge in [0.15, 0.2) is 0 Å². The molecule has 0 aliphatic carbocycles. The van der Waals surface area contributed by atoms with Crippen LogP contribution in [0.1, 0.15) is 12.5 Å². The lowest BCUT2D eigenvalue weighted by Crippen LogP contribution is -1.78. The van der Waals surface area contributed by atoms with Crippen molar-refractivity contribution >= 4 is 16.7 Å². The standard InChI is InChI=1S/C11H10.C2H4O2.H3N/c1-9-5-4-7-10-6-2-3-8-11(9)10;1-2(3)4;/h2-8H,1H3;1H3,(H,3,4);1H3. The molecule has 0 radical (unpaired) electrons. The molecule has 0 aliphatic heterocycles. The third kappa shape index (κ3) is 4.11. The predicted molar refractivity (Wildman–Crippen MR) is 67.0 cm³/mol. The second kappa shape index (κ2) is 6.58. The van der Waals surface area contributed by atoms with E-state index < -0.39 is 5.97 Å².